The van der Waals surface area contributed by atoms with Crippen LogP contribution in [-0.4, -0.2) is 6.03 Å². The Morgan fingerprint density at radius 1 is 0.889 bits per heavy atom. The van der Waals surface area contributed by atoms with Crippen molar-refractivity contribution in [2.75, 3.05) is 10.6 Å². The molecule has 0 saturated heterocycles. The Kier molecular flexibility index (Phi) is 3.79. The maximum absolute atomic E-state index is 12.7. The van der Waals surface area contributed by atoms with Crippen LogP contribution in [0.4, 0.5) is 20.6 Å². The van der Waals surface area contributed by atoms with E-state index in [4.69, 9.17) is 11.6 Å². The van der Waals surface area contributed by atoms with Gasteiger partial charge in [0.15, 0.2) is 0 Å². The Labute approximate surface area is 109 Å². The molecular weight excluding hydrogens is 255 g/mol. The van der Waals surface area contributed by atoms with Crippen molar-refractivity contribution in [1.29, 1.82) is 0 Å². The minimum Gasteiger partial charge on any atom is -0.308 e. The van der Waals surface area contributed by atoms with Gasteiger partial charge in [-0.15, -0.1) is 0 Å². The molecular formula is C13H10ClFN2O. The monoisotopic (exact) mass is 264 g/mol. The molecule has 0 fully saturated rings. The fraction of sp³-hybridized carbons (Fsp3) is 0. The highest BCUT2D eigenvalue weighted by molar-refractivity contribution is 6.30. The Hall–Kier alpha value is -2.07. The van der Waals surface area contributed by atoms with Gasteiger partial charge in [0.25, 0.3) is 0 Å². The van der Waals surface area contributed by atoms with Crippen molar-refractivity contribution >= 4 is 29.0 Å². The summed E-state index contributed by atoms with van der Waals surface area (Å²) in [6, 6.07) is 11.8. The van der Waals surface area contributed by atoms with Crippen LogP contribution in [0.5, 0.6) is 0 Å². The van der Waals surface area contributed by atoms with Gasteiger partial charge in [0.05, 0.1) is 0 Å². The van der Waals surface area contributed by atoms with E-state index in [1.807, 2.05) is 0 Å². The zero-order chi connectivity index (χ0) is 13.0. The molecule has 0 aliphatic carbocycles. The van der Waals surface area contributed by atoms with Gasteiger partial charge in [-0.2, -0.15) is 0 Å². The third-order valence-corrected chi connectivity index (χ3v) is 2.46. The maximum Gasteiger partial charge on any atom is 0.323 e. The topological polar surface area (TPSA) is 41.1 Å². The molecule has 18 heavy (non-hydrogen) atoms. The lowest BCUT2D eigenvalue weighted by Gasteiger charge is -2.07. The van der Waals surface area contributed by atoms with Gasteiger partial charge in [-0.25, -0.2) is 9.18 Å². The molecule has 0 radical (unpaired) electrons. The number of urea groups is 1. The van der Waals surface area contributed by atoms with Crippen molar-refractivity contribution in [3.63, 3.8) is 0 Å². The molecule has 0 bridgehead atoms. The van der Waals surface area contributed by atoms with Gasteiger partial charge < -0.3 is 10.6 Å². The standard InChI is InChI=1S/C13H10ClFN2O/c14-9-1-5-11(6-2-9)16-13(18)17-12-7-3-10(15)4-8-12/h1-8H,(H2,16,17,18). The van der Waals surface area contributed by atoms with Crippen LogP contribution in [0.25, 0.3) is 0 Å². The van der Waals surface area contributed by atoms with E-state index < -0.39 is 6.03 Å². The Morgan fingerprint density at radius 3 is 1.83 bits per heavy atom. The van der Waals surface area contributed by atoms with Crippen LogP contribution >= 0.6 is 11.6 Å². The molecule has 2 aromatic carbocycles. The molecule has 0 unspecified atom stereocenters. The SMILES string of the molecule is O=C(Nc1ccc(F)cc1)Nc1ccc(Cl)cc1. The van der Waals surface area contributed by atoms with E-state index in [1.165, 1.54) is 24.3 Å². The highest BCUT2D eigenvalue weighted by Crippen LogP contribution is 2.14. The Balaban J connectivity index is 1.96. The summed E-state index contributed by atoms with van der Waals surface area (Å²) in [4.78, 5) is 11.6. The lowest BCUT2D eigenvalue weighted by atomic mass is 10.3. The highest BCUT2D eigenvalue weighted by Gasteiger charge is 2.02. The summed E-state index contributed by atoms with van der Waals surface area (Å²) in [6.07, 6.45) is 0. The summed E-state index contributed by atoms with van der Waals surface area (Å²) in [7, 11) is 0. The number of hydrogen-bond donors (Lipinski definition) is 2. The number of carbonyl (C=O) groups excluding carboxylic acids is 1. The first-order valence-electron chi connectivity index (χ1n) is 5.22. The molecule has 92 valence electrons. The number of carbonyl (C=O) groups is 1. The number of anilines is 2. The molecule has 2 N–H and O–H groups in total. The van der Waals surface area contributed by atoms with Crippen molar-refractivity contribution in [1.82, 2.24) is 0 Å². The van der Waals surface area contributed by atoms with Crippen LogP contribution in [0, 0.1) is 5.82 Å². The van der Waals surface area contributed by atoms with Crippen molar-refractivity contribution in [2.45, 2.75) is 0 Å². The molecule has 0 saturated carbocycles. The number of halogens is 2. The third kappa shape index (κ3) is 3.46. The molecule has 2 rings (SSSR count). The average Bonchev–Trinajstić information content (AvgIpc) is 2.35. The van der Waals surface area contributed by atoms with E-state index in [1.54, 1.807) is 24.3 Å². The molecule has 2 aromatic rings. The lowest BCUT2D eigenvalue weighted by Crippen LogP contribution is -2.19. The predicted molar refractivity (Wildman–Crippen MR) is 70.5 cm³/mol. The van der Waals surface area contributed by atoms with E-state index in [0.717, 1.165) is 0 Å². The predicted octanol–water partition coefficient (Wildman–Crippen LogP) is 4.12. The number of rotatable bonds is 2. The minimum absolute atomic E-state index is 0.348. The van der Waals surface area contributed by atoms with E-state index in [2.05, 4.69) is 10.6 Å². The summed E-state index contributed by atoms with van der Waals surface area (Å²) in [5, 5.41) is 5.81. The highest BCUT2D eigenvalue weighted by atomic mass is 35.5. The van der Waals surface area contributed by atoms with Crippen LogP contribution in [0.1, 0.15) is 0 Å². The van der Waals surface area contributed by atoms with Crippen LogP contribution in [-0.2, 0) is 0 Å². The van der Waals surface area contributed by atoms with Crippen molar-refractivity contribution in [3.05, 3.63) is 59.4 Å². The van der Waals surface area contributed by atoms with Gasteiger partial charge in [0, 0.05) is 16.4 Å². The Morgan fingerprint density at radius 2 is 1.33 bits per heavy atom. The van der Waals surface area contributed by atoms with Gasteiger partial charge in [-0.3, -0.25) is 0 Å². The van der Waals surface area contributed by atoms with Gasteiger partial charge in [0.1, 0.15) is 5.82 Å². The van der Waals surface area contributed by atoms with Gasteiger partial charge in [0.2, 0.25) is 0 Å². The maximum atomic E-state index is 12.7. The molecule has 0 aliphatic heterocycles. The van der Waals surface area contributed by atoms with Crippen LogP contribution in [0.2, 0.25) is 5.02 Å². The second-order valence-electron chi connectivity index (χ2n) is 3.59. The summed E-state index contributed by atoms with van der Waals surface area (Å²) in [6.45, 7) is 0. The fourth-order valence-electron chi connectivity index (χ4n) is 1.36. The first-order valence-corrected chi connectivity index (χ1v) is 5.60. The lowest BCUT2D eigenvalue weighted by molar-refractivity contribution is 0.262. The third-order valence-electron chi connectivity index (χ3n) is 2.20. The number of hydrogen-bond acceptors (Lipinski definition) is 1. The normalized spacial score (nSPS) is 9.89. The second-order valence-corrected chi connectivity index (χ2v) is 4.03. The first kappa shape index (κ1) is 12.4. The largest absolute Gasteiger partial charge is 0.323 e. The second kappa shape index (κ2) is 5.51. The molecule has 0 heterocycles. The first-order chi connectivity index (χ1) is 8.63. The summed E-state index contributed by atoms with van der Waals surface area (Å²) < 4.78 is 12.7. The van der Waals surface area contributed by atoms with Crippen molar-refractivity contribution in [2.24, 2.45) is 0 Å². The average molecular weight is 265 g/mol. The van der Waals surface area contributed by atoms with E-state index in [0.29, 0.717) is 16.4 Å². The van der Waals surface area contributed by atoms with Gasteiger partial charge >= 0.3 is 6.03 Å². The molecule has 0 spiro atoms. The van der Waals surface area contributed by atoms with Crippen LogP contribution < -0.4 is 10.6 Å². The smallest absolute Gasteiger partial charge is 0.308 e. The molecule has 0 atom stereocenters. The molecule has 0 aromatic heterocycles. The van der Waals surface area contributed by atoms with Crippen molar-refractivity contribution in [3.8, 4) is 0 Å². The van der Waals surface area contributed by atoms with E-state index in [9.17, 15) is 9.18 Å². The van der Waals surface area contributed by atoms with Crippen LogP contribution in [0.3, 0.4) is 0 Å². The molecule has 5 heteroatoms. The number of nitrogens with one attached hydrogen (secondary N) is 2. The van der Waals surface area contributed by atoms with Gasteiger partial charge in [-0.1, -0.05) is 11.6 Å². The quantitative estimate of drug-likeness (QED) is 0.841. The Bertz CT molecular complexity index is 490. The van der Waals surface area contributed by atoms with Crippen LogP contribution in [0.15, 0.2) is 48.5 Å². The van der Waals surface area contributed by atoms with Crippen molar-refractivity contribution < 1.29 is 9.18 Å². The zero-order valence-corrected chi connectivity index (χ0v) is 10.0. The molecule has 2 amide bonds. The molecule has 3 nitrogen and oxygen atoms in total. The zero-order valence-electron chi connectivity index (χ0n) is 9.28. The number of amides is 2. The summed E-state index contributed by atoms with van der Waals surface area (Å²) in [5.41, 5.74) is 1.14. The van der Waals surface area contributed by atoms with E-state index in [-0.39, 0.29) is 5.82 Å². The molecule has 0 aliphatic rings. The van der Waals surface area contributed by atoms with Gasteiger partial charge in [-0.05, 0) is 48.5 Å². The fourth-order valence-corrected chi connectivity index (χ4v) is 1.49. The summed E-state index contributed by atoms with van der Waals surface area (Å²) in [5.74, 6) is -0.348. The summed E-state index contributed by atoms with van der Waals surface area (Å²) >= 11 is 5.73. The number of benzene rings is 2. The minimum atomic E-state index is -0.399. The van der Waals surface area contributed by atoms with E-state index >= 15 is 0 Å².